The molecule has 0 radical (unpaired) electrons. The van der Waals surface area contributed by atoms with Crippen molar-refractivity contribution in [2.45, 2.75) is 138 Å². The van der Waals surface area contributed by atoms with E-state index in [1.165, 1.54) is 9.80 Å². The molecule has 2 aromatic carbocycles. The van der Waals surface area contributed by atoms with Crippen molar-refractivity contribution in [1.82, 2.24) is 51.5 Å². The first-order valence-electron chi connectivity index (χ1n) is 24.6. The van der Waals surface area contributed by atoms with Gasteiger partial charge in [-0.1, -0.05) is 37.3 Å². The van der Waals surface area contributed by atoms with Gasteiger partial charge in [0.1, 0.15) is 24.2 Å². The number of carbonyl (C=O) groups is 8. The minimum Gasteiger partial charge on any atom is -0.351 e. The Labute approximate surface area is 403 Å². The van der Waals surface area contributed by atoms with Gasteiger partial charge in [-0.05, 0) is 115 Å². The zero-order valence-corrected chi connectivity index (χ0v) is 40.2. The second-order valence-corrected chi connectivity index (χ2v) is 19.7. The lowest BCUT2D eigenvalue weighted by atomic mass is 10.1. The quantitative estimate of drug-likeness (QED) is 0.143. The van der Waals surface area contributed by atoms with E-state index in [-0.39, 0.29) is 68.1 Å². The molecule has 2 aliphatic carbocycles. The summed E-state index contributed by atoms with van der Waals surface area (Å²) < 4.78 is 0. The average Bonchev–Trinajstić information content (AvgIpc) is 4.15. The summed E-state index contributed by atoms with van der Waals surface area (Å²) in [4.78, 5) is 116. The van der Waals surface area contributed by atoms with Crippen LogP contribution in [0, 0.1) is 5.92 Å². The van der Waals surface area contributed by atoms with Crippen LogP contribution in [0.1, 0.15) is 83.6 Å². The maximum absolute atomic E-state index is 14.4. The van der Waals surface area contributed by atoms with Crippen LogP contribution in [0.2, 0.25) is 0 Å². The standard InChI is InChI=1S/C49H68N12O8/c1-27-23-36(27)54-44(64)40-17-15-33-19-21-58(25-38(46(66)60(33)40)56-42(62)28(2)50-4)48(68)52-31-11-13-32(14-12-31)53-49(69)59-22-20-34-16-18-41(45(65)55-37-24-35(37)30-9-7-6-8-10-30)61(34)47(67)39(26-59)57-43(63)29(3)51-5/h6-14,27-29,33-41,50-51H,15-26H2,1-5H3,(H,52,68)(H,53,69)(H,54,64)(H,55,65)(H,56,62)(H,57,63). The van der Waals surface area contributed by atoms with E-state index in [0.29, 0.717) is 55.8 Å². The van der Waals surface area contributed by atoms with Gasteiger partial charge in [0.15, 0.2) is 0 Å². The molecule has 2 saturated carbocycles. The van der Waals surface area contributed by atoms with Gasteiger partial charge in [-0.15, -0.1) is 0 Å². The second-order valence-electron chi connectivity index (χ2n) is 19.7. The molecule has 8 N–H and O–H groups in total. The predicted octanol–water partition coefficient (Wildman–Crippen LogP) is 1.26. The van der Waals surface area contributed by atoms with Crippen molar-refractivity contribution in [3.05, 3.63) is 60.2 Å². The van der Waals surface area contributed by atoms with E-state index in [1.54, 1.807) is 62.0 Å². The van der Waals surface area contributed by atoms with Gasteiger partial charge in [0.2, 0.25) is 35.4 Å². The number of carbonyl (C=O) groups excluding carboxylic acids is 8. The highest BCUT2D eigenvalue weighted by atomic mass is 16.2. The molecule has 4 aliphatic heterocycles. The molecular formula is C49H68N12O8. The number of rotatable bonds is 13. The van der Waals surface area contributed by atoms with Gasteiger partial charge < -0.3 is 62.1 Å². The molecule has 10 amide bonds. The van der Waals surface area contributed by atoms with Crippen LogP contribution in [0.5, 0.6) is 0 Å². The van der Waals surface area contributed by atoms with E-state index in [2.05, 4.69) is 61.6 Å². The van der Waals surface area contributed by atoms with Crippen LogP contribution >= 0.6 is 0 Å². The predicted molar refractivity (Wildman–Crippen MR) is 257 cm³/mol. The van der Waals surface area contributed by atoms with Crippen LogP contribution in [0.3, 0.4) is 0 Å². The first-order chi connectivity index (χ1) is 33.1. The molecule has 20 heteroatoms. The number of nitrogens with zero attached hydrogens (tertiary/aromatic N) is 4. The smallest absolute Gasteiger partial charge is 0.321 e. The lowest BCUT2D eigenvalue weighted by Crippen LogP contribution is -2.62. The van der Waals surface area contributed by atoms with Crippen molar-refractivity contribution in [2.75, 3.05) is 50.9 Å². The summed E-state index contributed by atoms with van der Waals surface area (Å²) in [5.74, 6) is -1.42. The zero-order chi connectivity index (χ0) is 49.1. The molecule has 12 atom stereocenters. The Balaban J connectivity index is 0.899. The minimum atomic E-state index is -1.11. The first-order valence-corrected chi connectivity index (χ1v) is 24.6. The SMILES string of the molecule is CNC(C)C(=O)NC1CN(C(=O)Nc2ccc(NC(=O)N3CCC4CCC(C(=O)NC5CC5c5ccccc5)N4C(=O)C(NC(=O)C(C)NC)C3)cc2)CCC2CCC(C(=O)NC3CC3C)N2C1=O. The molecule has 20 nitrogen and oxygen atoms in total. The monoisotopic (exact) mass is 953 g/mol. The van der Waals surface area contributed by atoms with E-state index >= 15 is 0 Å². The maximum atomic E-state index is 14.4. The van der Waals surface area contributed by atoms with Gasteiger partial charge in [-0.2, -0.15) is 0 Å². The van der Waals surface area contributed by atoms with Gasteiger partial charge in [0, 0.05) is 54.5 Å². The molecule has 0 bridgehead atoms. The Hall–Kier alpha value is -6.28. The summed E-state index contributed by atoms with van der Waals surface area (Å²) >= 11 is 0. The number of nitrogens with one attached hydrogen (secondary N) is 8. The van der Waals surface area contributed by atoms with E-state index in [9.17, 15) is 38.4 Å². The van der Waals surface area contributed by atoms with Crippen molar-refractivity contribution in [2.24, 2.45) is 5.92 Å². The molecule has 8 rings (SSSR count). The summed E-state index contributed by atoms with van der Waals surface area (Å²) in [7, 11) is 3.27. The summed E-state index contributed by atoms with van der Waals surface area (Å²) in [6.07, 6.45) is 4.74. The molecule has 2 aromatic rings. The summed E-state index contributed by atoms with van der Waals surface area (Å²) in [6.45, 7) is 5.69. The van der Waals surface area contributed by atoms with E-state index in [4.69, 9.17) is 0 Å². The number of hydrogen-bond donors (Lipinski definition) is 8. The fourth-order valence-electron chi connectivity index (χ4n) is 10.2. The van der Waals surface area contributed by atoms with Gasteiger partial charge in [0.05, 0.1) is 25.2 Å². The van der Waals surface area contributed by atoms with E-state index < -0.39 is 71.9 Å². The number of hydrogen-bond acceptors (Lipinski definition) is 10. The molecule has 372 valence electrons. The van der Waals surface area contributed by atoms with Gasteiger partial charge >= 0.3 is 12.1 Å². The Morgan fingerprint density at radius 3 is 1.42 bits per heavy atom. The number of fused-ring (bicyclic) bond motifs is 2. The average molecular weight is 953 g/mol. The van der Waals surface area contributed by atoms with Crippen LogP contribution in [-0.2, 0) is 28.8 Å². The lowest BCUT2D eigenvalue weighted by molar-refractivity contribution is -0.144. The first kappa shape index (κ1) is 49.2. The van der Waals surface area contributed by atoms with Crippen molar-refractivity contribution >= 4 is 58.9 Å². The Morgan fingerprint density at radius 1 is 0.565 bits per heavy atom. The number of urea groups is 2. The van der Waals surface area contributed by atoms with Crippen molar-refractivity contribution in [3.8, 4) is 0 Å². The number of amides is 10. The number of benzene rings is 2. The molecule has 6 fully saturated rings. The molecule has 6 aliphatic rings. The minimum absolute atomic E-state index is 0.0122. The summed E-state index contributed by atoms with van der Waals surface area (Å²) in [5.41, 5.74) is 1.99. The van der Waals surface area contributed by atoms with Crippen molar-refractivity contribution in [1.29, 1.82) is 0 Å². The second kappa shape index (κ2) is 21.2. The third-order valence-corrected chi connectivity index (χ3v) is 15.0. The highest BCUT2D eigenvalue weighted by molar-refractivity contribution is 5.97. The molecular weight excluding hydrogens is 885 g/mol. The van der Waals surface area contributed by atoms with Crippen LogP contribution < -0.4 is 42.5 Å². The Kier molecular flexibility index (Phi) is 15.1. The van der Waals surface area contributed by atoms with Gasteiger partial charge in [-0.25, -0.2) is 9.59 Å². The normalized spacial score (nSPS) is 29.4. The molecule has 0 spiro atoms. The molecule has 0 aromatic heterocycles. The van der Waals surface area contributed by atoms with Crippen molar-refractivity contribution < 1.29 is 38.4 Å². The highest BCUT2D eigenvalue weighted by Crippen LogP contribution is 2.41. The highest BCUT2D eigenvalue weighted by Gasteiger charge is 2.49. The molecule has 69 heavy (non-hydrogen) atoms. The Bertz CT molecular complexity index is 2270. The van der Waals surface area contributed by atoms with Crippen molar-refractivity contribution in [3.63, 3.8) is 0 Å². The lowest BCUT2D eigenvalue weighted by Gasteiger charge is -2.39. The van der Waals surface area contributed by atoms with Gasteiger partial charge in [0.25, 0.3) is 0 Å². The summed E-state index contributed by atoms with van der Waals surface area (Å²) in [5, 5.41) is 23.5. The Morgan fingerprint density at radius 2 is 1.00 bits per heavy atom. The maximum Gasteiger partial charge on any atom is 0.321 e. The van der Waals surface area contributed by atoms with Crippen LogP contribution in [0.4, 0.5) is 21.0 Å². The molecule has 4 saturated heterocycles. The fraction of sp³-hybridized carbons (Fsp3) is 0.592. The zero-order valence-electron chi connectivity index (χ0n) is 40.2. The third-order valence-electron chi connectivity index (χ3n) is 15.0. The number of anilines is 2. The fourth-order valence-corrected chi connectivity index (χ4v) is 10.2. The van der Waals surface area contributed by atoms with E-state index in [1.807, 2.05) is 18.2 Å². The largest absolute Gasteiger partial charge is 0.351 e. The molecule has 12 unspecified atom stereocenters. The topological polar surface area (TPSA) is 246 Å². The van der Waals surface area contributed by atoms with E-state index in [0.717, 1.165) is 18.4 Å². The van der Waals surface area contributed by atoms with Crippen LogP contribution in [0.25, 0.3) is 0 Å². The summed E-state index contributed by atoms with van der Waals surface area (Å²) in [6, 6.07) is 10.3. The number of likely N-dealkylation sites (N-methyl/N-ethyl adjacent to an activating group) is 2. The third kappa shape index (κ3) is 11.3. The van der Waals surface area contributed by atoms with Gasteiger partial charge in [-0.3, -0.25) is 28.8 Å². The van der Waals surface area contributed by atoms with Crippen LogP contribution in [0.15, 0.2) is 54.6 Å². The van der Waals surface area contributed by atoms with Crippen LogP contribution in [-0.4, -0.2) is 168 Å². The molecule has 4 heterocycles.